The third kappa shape index (κ3) is 1.31. The van der Waals surface area contributed by atoms with E-state index in [1.807, 2.05) is 0 Å². The Morgan fingerprint density at radius 3 is 3.08 bits per heavy atom. The smallest absolute Gasteiger partial charge is 0.162 e. The van der Waals surface area contributed by atoms with Crippen LogP contribution in [-0.4, -0.2) is 15.8 Å². The lowest BCUT2D eigenvalue weighted by Gasteiger charge is -1.92. The molecule has 2 heterocycles. The van der Waals surface area contributed by atoms with E-state index in [0.29, 0.717) is 16.2 Å². The molecule has 0 aliphatic rings. The number of aromatic amines is 1. The van der Waals surface area contributed by atoms with Gasteiger partial charge in [-0.2, -0.15) is 0 Å². The molecule has 4 heteroatoms. The Morgan fingerprint density at radius 2 is 2.38 bits per heavy atom. The van der Waals surface area contributed by atoms with Crippen molar-refractivity contribution in [2.24, 2.45) is 0 Å². The number of Topliss-reactive ketones (excluding diaryl/α,β-unsaturated/α-hetero) is 1. The van der Waals surface area contributed by atoms with Crippen molar-refractivity contribution in [3.8, 4) is 0 Å². The molecular formula is C9H7ClN2O. The van der Waals surface area contributed by atoms with Crippen molar-refractivity contribution in [2.45, 2.75) is 6.92 Å². The highest BCUT2D eigenvalue weighted by molar-refractivity contribution is 6.31. The summed E-state index contributed by atoms with van der Waals surface area (Å²) in [5.41, 5.74) is 1.32. The van der Waals surface area contributed by atoms with E-state index in [1.165, 1.54) is 6.92 Å². The number of pyridine rings is 1. The first-order chi connectivity index (χ1) is 6.18. The summed E-state index contributed by atoms with van der Waals surface area (Å²) in [4.78, 5) is 18.1. The number of carbonyl (C=O) groups is 1. The predicted molar refractivity (Wildman–Crippen MR) is 51.1 cm³/mol. The Bertz CT molecular complexity index is 475. The summed E-state index contributed by atoms with van der Waals surface area (Å²) in [5.74, 6) is 0.00955. The van der Waals surface area contributed by atoms with E-state index in [-0.39, 0.29) is 5.78 Å². The average molecular weight is 195 g/mol. The zero-order valence-electron chi connectivity index (χ0n) is 6.97. The third-order valence-electron chi connectivity index (χ3n) is 1.88. The first-order valence-electron chi connectivity index (χ1n) is 3.82. The molecule has 0 aliphatic carbocycles. The number of fused-ring (bicyclic) bond motifs is 1. The van der Waals surface area contributed by atoms with Gasteiger partial charge in [0, 0.05) is 23.3 Å². The van der Waals surface area contributed by atoms with Gasteiger partial charge in [-0.15, -0.1) is 0 Å². The number of aromatic nitrogens is 2. The molecule has 0 aliphatic heterocycles. The standard InChI is InChI=1S/C9H7ClN2O/c1-5(13)8-4-12-9-7(8)2-6(10)3-11-9/h2-4H,1H3,(H,11,12). The van der Waals surface area contributed by atoms with Crippen LogP contribution in [0.4, 0.5) is 0 Å². The van der Waals surface area contributed by atoms with Crippen LogP contribution in [-0.2, 0) is 0 Å². The van der Waals surface area contributed by atoms with Gasteiger partial charge in [0.1, 0.15) is 5.65 Å². The first-order valence-corrected chi connectivity index (χ1v) is 4.20. The number of hydrogen-bond donors (Lipinski definition) is 1. The SMILES string of the molecule is CC(=O)c1c[nH]c2ncc(Cl)cc12. The van der Waals surface area contributed by atoms with Crippen LogP contribution in [0.5, 0.6) is 0 Å². The molecule has 0 atom stereocenters. The van der Waals surface area contributed by atoms with Crippen molar-refractivity contribution < 1.29 is 4.79 Å². The van der Waals surface area contributed by atoms with Crippen LogP contribution < -0.4 is 0 Å². The van der Waals surface area contributed by atoms with E-state index in [4.69, 9.17) is 11.6 Å². The van der Waals surface area contributed by atoms with Crippen molar-refractivity contribution in [1.29, 1.82) is 0 Å². The Labute approximate surface area is 79.7 Å². The quantitative estimate of drug-likeness (QED) is 0.709. The van der Waals surface area contributed by atoms with Crippen LogP contribution in [0.3, 0.4) is 0 Å². The number of halogens is 1. The molecule has 0 fully saturated rings. The highest BCUT2D eigenvalue weighted by Crippen LogP contribution is 2.20. The minimum atomic E-state index is 0.00955. The fourth-order valence-corrected chi connectivity index (χ4v) is 1.43. The summed E-state index contributed by atoms with van der Waals surface area (Å²) < 4.78 is 0. The molecule has 2 rings (SSSR count). The number of hydrogen-bond acceptors (Lipinski definition) is 2. The summed E-state index contributed by atoms with van der Waals surface area (Å²) in [6, 6.07) is 1.73. The highest BCUT2D eigenvalue weighted by atomic mass is 35.5. The minimum Gasteiger partial charge on any atom is -0.345 e. The van der Waals surface area contributed by atoms with Crippen molar-refractivity contribution in [2.75, 3.05) is 0 Å². The summed E-state index contributed by atoms with van der Waals surface area (Å²) in [7, 11) is 0. The molecule has 0 aromatic carbocycles. The molecular weight excluding hydrogens is 188 g/mol. The number of H-pyrrole nitrogens is 1. The molecule has 0 saturated carbocycles. The van der Waals surface area contributed by atoms with Gasteiger partial charge in [-0.05, 0) is 13.0 Å². The summed E-state index contributed by atoms with van der Waals surface area (Å²) >= 11 is 5.76. The fourth-order valence-electron chi connectivity index (χ4n) is 1.27. The largest absolute Gasteiger partial charge is 0.345 e. The summed E-state index contributed by atoms with van der Waals surface area (Å²) in [6.07, 6.45) is 3.20. The Balaban J connectivity index is 2.79. The monoisotopic (exact) mass is 194 g/mol. The lowest BCUT2D eigenvalue weighted by molar-refractivity contribution is 0.101. The first kappa shape index (κ1) is 8.26. The maximum atomic E-state index is 11.1. The Morgan fingerprint density at radius 1 is 1.62 bits per heavy atom. The summed E-state index contributed by atoms with van der Waals surface area (Å²) in [5, 5.41) is 1.31. The number of rotatable bonds is 1. The second-order valence-electron chi connectivity index (χ2n) is 2.81. The number of ketones is 1. The van der Waals surface area contributed by atoms with Crippen LogP contribution in [0.2, 0.25) is 5.02 Å². The van der Waals surface area contributed by atoms with Gasteiger partial charge < -0.3 is 4.98 Å². The number of nitrogens with zero attached hydrogens (tertiary/aromatic N) is 1. The van der Waals surface area contributed by atoms with Gasteiger partial charge in [0.15, 0.2) is 5.78 Å². The molecule has 1 N–H and O–H groups in total. The third-order valence-corrected chi connectivity index (χ3v) is 2.08. The molecule has 0 saturated heterocycles. The second-order valence-corrected chi connectivity index (χ2v) is 3.24. The Kier molecular flexibility index (Phi) is 1.81. The maximum Gasteiger partial charge on any atom is 0.162 e. The zero-order chi connectivity index (χ0) is 9.42. The average Bonchev–Trinajstić information content (AvgIpc) is 2.46. The van der Waals surface area contributed by atoms with Gasteiger partial charge in [-0.3, -0.25) is 4.79 Å². The van der Waals surface area contributed by atoms with Gasteiger partial charge in [0.25, 0.3) is 0 Å². The summed E-state index contributed by atoms with van der Waals surface area (Å²) in [6.45, 7) is 1.52. The predicted octanol–water partition coefficient (Wildman–Crippen LogP) is 2.42. The molecule has 13 heavy (non-hydrogen) atoms. The molecule has 0 spiro atoms. The molecule has 66 valence electrons. The molecule has 0 unspecified atom stereocenters. The van der Waals surface area contributed by atoms with E-state index < -0.39 is 0 Å². The van der Waals surface area contributed by atoms with Crippen molar-refractivity contribution in [3.05, 3.63) is 29.0 Å². The van der Waals surface area contributed by atoms with Gasteiger partial charge in [-0.1, -0.05) is 11.6 Å². The fraction of sp³-hybridized carbons (Fsp3) is 0.111. The minimum absolute atomic E-state index is 0.00955. The Hall–Kier alpha value is -1.35. The topological polar surface area (TPSA) is 45.8 Å². The van der Waals surface area contributed by atoms with Gasteiger partial charge in [-0.25, -0.2) is 4.98 Å². The van der Waals surface area contributed by atoms with Crippen LogP contribution in [0.25, 0.3) is 11.0 Å². The molecule has 0 amide bonds. The zero-order valence-corrected chi connectivity index (χ0v) is 7.72. The van der Waals surface area contributed by atoms with Crippen molar-refractivity contribution in [1.82, 2.24) is 9.97 Å². The number of carbonyl (C=O) groups excluding carboxylic acids is 1. The van der Waals surface area contributed by atoms with E-state index in [0.717, 1.165) is 5.39 Å². The highest BCUT2D eigenvalue weighted by Gasteiger charge is 2.08. The van der Waals surface area contributed by atoms with Crippen LogP contribution in [0.15, 0.2) is 18.5 Å². The van der Waals surface area contributed by atoms with E-state index in [2.05, 4.69) is 9.97 Å². The van der Waals surface area contributed by atoms with E-state index in [9.17, 15) is 4.79 Å². The normalized spacial score (nSPS) is 10.6. The molecule has 0 bridgehead atoms. The number of nitrogens with one attached hydrogen (secondary N) is 1. The van der Waals surface area contributed by atoms with Gasteiger partial charge >= 0.3 is 0 Å². The molecule has 3 nitrogen and oxygen atoms in total. The maximum absolute atomic E-state index is 11.1. The van der Waals surface area contributed by atoms with Crippen molar-refractivity contribution in [3.63, 3.8) is 0 Å². The second kappa shape index (κ2) is 2.85. The van der Waals surface area contributed by atoms with Crippen LogP contribution in [0.1, 0.15) is 17.3 Å². The van der Waals surface area contributed by atoms with Gasteiger partial charge in [0.05, 0.1) is 5.02 Å². The van der Waals surface area contributed by atoms with Crippen LogP contribution >= 0.6 is 11.6 Å². The lowest BCUT2D eigenvalue weighted by Crippen LogP contribution is -1.88. The van der Waals surface area contributed by atoms with Gasteiger partial charge in [0.2, 0.25) is 0 Å². The van der Waals surface area contributed by atoms with E-state index in [1.54, 1.807) is 18.5 Å². The molecule has 2 aromatic heterocycles. The van der Waals surface area contributed by atoms with Crippen molar-refractivity contribution >= 4 is 28.4 Å². The van der Waals surface area contributed by atoms with Crippen LogP contribution in [0, 0.1) is 0 Å². The van der Waals surface area contributed by atoms with E-state index >= 15 is 0 Å². The molecule has 2 aromatic rings. The molecule has 0 radical (unpaired) electrons. The lowest BCUT2D eigenvalue weighted by atomic mass is 10.2.